The fourth-order valence-electron chi connectivity index (χ4n) is 1.98. The molecule has 17 heavy (non-hydrogen) atoms. The zero-order valence-electron chi connectivity index (χ0n) is 11.0. The maximum absolute atomic E-state index is 5.40. The van der Waals surface area contributed by atoms with Crippen LogP contribution in [-0.2, 0) is 6.42 Å². The molecule has 1 atom stereocenters. The second-order valence-corrected chi connectivity index (χ2v) is 4.59. The average molecular weight is 229 g/mol. The number of terminal acetylenes is 1. The summed E-state index contributed by atoms with van der Waals surface area (Å²) in [7, 11) is 0. The van der Waals surface area contributed by atoms with Gasteiger partial charge in [0, 0.05) is 12.5 Å². The highest BCUT2D eigenvalue weighted by molar-refractivity contribution is 5.22. The van der Waals surface area contributed by atoms with E-state index in [1.807, 2.05) is 0 Å². The zero-order valence-corrected chi connectivity index (χ0v) is 11.0. The lowest BCUT2D eigenvalue weighted by atomic mass is 10.0. The van der Waals surface area contributed by atoms with Crippen LogP contribution in [0.5, 0.6) is 0 Å². The lowest BCUT2D eigenvalue weighted by Crippen LogP contribution is -2.29. The van der Waals surface area contributed by atoms with Crippen LogP contribution in [0.15, 0.2) is 24.3 Å². The minimum absolute atomic E-state index is 0.459. The van der Waals surface area contributed by atoms with E-state index in [-0.39, 0.29) is 0 Å². The van der Waals surface area contributed by atoms with Crippen molar-refractivity contribution in [3.05, 3.63) is 35.4 Å². The van der Waals surface area contributed by atoms with Gasteiger partial charge in [-0.1, -0.05) is 36.8 Å². The van der Waals surface area contributed by atoms with Crippen LogP contribution < -0.4 is 5.32 Å². The first-order valence-electron chi connectivity index (χ1n) is 6.48. The third-order valence-electron chi connectivity index (χ3n) is 2.91. The third kappa shape index (κ3) is 5.56. The molecule has 0 heterocycles. The normalized spacial score (nSPS) is 12.1. The van der Waals surface area contributed by atoms with Gasteiger partial charge in [-0.15, -0.1) is 12.3 Å². The van der Waals surface area contributed by atoms with Gasteiger partial charge in [0.25, 0.3) is 0 Å². The van der Waals surface area contributed by atoms with Crippen LogP contribution in [0.1, 0.15) is 37.3 Å². The lowest BCUT2D eigenvalue weighted by molar-refractivity contribution is 0.489. The number of benzene rings is 1. The minimum Gasteiger partial charge on any atom is -0.313 e. The molecule has 0 radical (unpaired) electrons. The van der Waals surface area contributed by atoms with Crippen LogP contribution in [0.2, 0.25) is 0 Å². The molecule has 0 amide bonds. The molecule has 0 saturated carbocycles. The van der Waals surface area contributed by atoms with Crippen LogP contribution in [0.25, 0.3) is 0 Å². The molecule has 0 aliphatic heterocycles. The van der Waals surface area contributed by atoms with Crippen molar-refractivity contribution in [2.45, 2.75) is 45.6 Å². The molecule has 1 unspecified atom stereocenters. The summed E-state index contributed by atoms with van der Waals surface area (Å²) < 4.78 is 0. The van der Waals surface area contributed by atoms with Crippen LogP contribution in [0.4, 0.5) is 0 Å². The summed E-state index contributed by atoms with van der Waals surface area (Å²) in [4.78, 5) is 0. The van der Waals surface area contributed by atoms with Crippen molar-refractivity contribution in [2.24, 2.45) is 0 Å². The summed E-state index contributed by atoms with van der Waals surface area (Å²) in [5.41, 5.74) is 2.74. The Hall–Kier alpha value is -1.26. The van der Waals surface area contributed by atoms with Crippen molar-refractivity contribution in [3.63, 3.8) is 0 Å². The van der Waals surface area contributed by atoms with E-state index in [1.165, 1.54) is 11.1 Å². The molecular formula is C16H23N. The van der Waals surface area contributed by atoms with Crippen molar-refractivity contribution in [2.75, 3.05) is 6.54 Å². The van der Waals surface area contributed by atoms with E-state index in [1.54, 1.807) is 0 Å². The summed E-state index contributed by atoms with van der Waals surface area (Å²) in [6.45, 7) is 5.37. The highest BCUT2D eigenvalue weighted by Crippen LogP contribution is 2.09. The molecular weight excluding hydrogens is 206 g/mol. The van der Waals surface area contributed by atoms with Crippen molar-refractivity contribution in [1.82, 2.24) is 5.32 Å². The first-order chi connectivity index (χ1) is 8.26. The van der Waals surface area contributed by atoms with E-state index < -0.39 is 0 Å². The van der Waals surface area contributed by atoms with E-state index in [4.69, 9.17) is 6.42 Å². The predicted octanol–water partition coefficient (Wildman–Crippen LogP) is 3.32. The van der Waals surface area contributed by atoms with Gasteiger partial charge in [0.05, 0.1) is 0 Å². The second-order valence-electron chi connectivity index (χ2n) is 4.59. The standard InChI is InChI=1S/C16H23N/c1-4-7-16(17-12-5-2)11-10-15-9-6-8-14(3)13-15/h1,6,8-9,13,16-17H,5,7,10-12H2,2-3H3. The number of hydrogen-bond acceptors (Lipinski definition) is 1. The molecule has 0 spiro atoms. The summed E-state index contributed by atoms with van der Waals surface area (Å²) in [5, 5.41) is 3.51. The molecule has 1 nitrogen and oxygen atoms in total. The number of aryl methyl sites for hydroxylation is 2. The van der Waals surface area contributed by atoms with Gasteiger partial charge in [-0.2, -0.15) is 0 Å². The fraction of sp³-hybridized carbons (Fsp3) is 0.500. The summed E-state index contributed by atoms with van der Waals surface area (Å²) in [5.74, 6) is 2.76. The van der Waals surface area contributed by atoms with Crippen molar-refractivity contribution >= 4 is 0 Å². The predicted molar refractivity (Wildman–Crippen MR) is 75.0 cm³/mol. The van der Waals surface area contributed by atoms with Gasteiger partial charge in [0.15, 0.2) is 0 Å². The van der Waals surface area contributed by atoms with Crippen molar-refractivity contribution in [1.29, 1.82) is 0 Å². The molecule has 0 aromatic heterocycles. The molecule has 1 aromatic carbocycles. The molecule has 1 aromatic rings. The summed E-state index contributed by atoms with van der Waals surface area (Å²) in [6.07, 6.45) is 9.61. The van der Waals surface area contributed by atoms with E-state index in [2.05, 4.69) is 49.4 Å². The van der Waals surface area contributed by atoms with Gasteiger partial charge >= 0.3 is 0 Å². The molecule has 0 aliphatic rings. The second kappa shape index (κ2) is 7.92. The quantitative estimate of drug-likeness (QED) is 0.707. The first kappa shape index (κ1) is 13.8. The molecule has 0 fully saturated rings. The van der Waals surface area contributed by atoms with Crippen LogP contribution in [-0.4, -0.2) is 12.6 Å². The number of nitrogens with one attached hydrogen (secondary N) is 1. The van der Waals surface area contributed by atoms with Gasteiger partial charge in [-0.25, -0.2) is 0 Å². The Bertz CT molecular complexity index is 362. The van der Waals surface area contributed by atoms with Crippen LogP contribution in [0.3, 0.4) is 0 Å². The largest absolute Gasteiger partial charge is 0.313 e. The molecule has 0 bridgehead atoms. The Morgan fingerprint density at radius 3 is 2.88 bits per heavy atom. The van der Waals surface area contributed by atoms with Crippen molar-refractivity contribution < 1.29 is 0 Å². The highest BCUT2D eigenvalue weighted by atomic mass is 14.9. The van der Waals surface area contributed by atoms with Gasteiger partial charge in [-0.3, -0.25) is 0 Å². The third-order valence-corrected chi connectivity index (χ3v) is 2.91. The van der Waals surface area contributed by atoms with E-state index >= 15 is 0 Å². The van der Waals surface area contributed by atoms with E-state index in [0.29, 0.717) is 6.04 Å². The maximum atomic E-state index is 5.40. The fourth-order valence-corrected chi connectivity index (χ4v) is 1.98. The first-order valence-corrected chi connectivity index (χ1v) is 6.48. The Labute approximate surface area is 106 Å². The molecule has 1 heteroatoms. The van der Waals surface area contributed by atoms with E-state index in [0.717, 1.165) is 32.2 Å². The Kier molecular flexibility index (Phi) is 6.43. The summed E-state index contributed by atoms with van der Waals surface area (Å²) >= 11 is 0. The summed E-state index contributed by atoms with van der Waals surface area (Å²) in [6, 6.07) is 9.17. The smallest absolute Gasteiger partial charge is 0.0240 e. The molecule has 0 saturated heterocycles. The molecule has 1 rings (SSSR count). The lowest BCUT2D eigenvalue weighted by Gasteiger charge is -2.16. The average Bonchev–Trinajstić information content (AvgIpc) is 2.33. The number of rotatable bonds is 7. The molecule has 1 N–H and O–H groups in total. The minimum atomic E-state index is 0.459. The van der Waals surface area contributed by atoms with Crippen LogP contribution >= 0.6 is 0 Å². The zero-order chi connectivity index (χ0) is 12.5. The number of hydrogen-bond donors (Lipinski definition) is 1. The molecule has 92 valence electrons. The Morgan fingerprint density at radius 1 is 1.41 bits per heavy atom. The monoisotopic (exact) mass is 229 g/mol. The van der Waals surface area contributed by atoms with Gasteiger partial charge in [-0.05, 0) is 38.3 Å². The van der Waals surface area contributed by atoms with Gasteiger partial charge in [0.2, 0.25) is 0 Å². The Morgan fingerprint density at radius 2 is 2.24 bits per heavy atom. The van der Waals surface area contributed by atoms with Gasteiger partial charge in [0.1, 0.15) is 0 Å². The topological polar surface area (TPSA) is 12.0 Å². The molecule has 0 aliphatic carbocycles. The maximum Gasteiger partial charge on any atom is 0.0240 e. The Balaban J connectivity index is 2.43. The van der Waals surface area contributed by atoms with Gasteiger partial charge < -0.3 is 5.32 Å². The SMILES string of the molecule is C#CCC(CCc1cccc(C)c1)NCCC. The van der Waals surface area contributed by atoms with Crippen molar-refractivity contribution in [3.8, 4) is 12.3 Å². The highest BCUT2D eigenvalue weighted by Gasteiger charge is 2.06. The van der Waals surface area contributed by atoms with Crippen LogP contribution in [0, 0.1) is 19.3 Å². The van der Waals surface area contributed by atoms with E-state index in [9.17, 15) is 0 Å².